The van der Waals surface area contributed by atoms with Crippen LogP contribution in [0.15, 0.2) is 0 Å². The van der Waals surface area contributed by atoms with Gasteiger partial charge in [-0.05, 0) is 62.7 Å². The highest BCUT2D eigenvalue weighted by Crippen LogP contribution is 2.61. The van der Waals surface area contributed by atoms with E-state index in [0.29, 0.717) is 23.2 Å². The minimum Gasteiger partial charge on any atom is -0.327 e. The van der Waals surface area contributed by atoms with Crippen LogP contribution in [0.25, 0.3) is 0 Å². The molecular formula is C14H23NO. The largest absolute Gasteiger partial charge is 0.327 e. The molecule has 2 nitrogen and oxygen atoms in total. The molecule has 90 valence electrons. The Morgan fingerprint density at radius 3 is 2.75 bits per heavy atom. The summed E-state index contributed by atoms with van der Waals surface area (Å²) in [5.74, 6) is 2.33. The average Bonchev–Trinajstić information content (AvgIpc) is 2.84. The monoisotopic (exact) mass is 221 g/mol. The van der Waals surface area contributed by atoms with Crippen molar-refractivity contribution in [1.29, 1.82) is 0 Å². The van der Waals surface area contributed by atoms with Crippen molar-refractivity contribution >= 4 is 5.78 Å². The van der Waals surface area contributed by atoms with Crippen LogP contribution in [0, 0.1) is 23.2 Å². The van der Waals surface area contributed by atoms with E-state index in [2.05, 4.69) is 0 Å². The molecule has 0 aliphatic heterocycles. The van der Waals surface area contributed by atoms with E-state index in [1.54, 1.807) is 6.92 Å². The lowest BCUT2D eigenvalue weighted by molar-refractivity contribution is -0.124. The van der Waals surface area contributed by atoms with Crippen LogP contribution >= 0.6 is 0 Å². The van der Waals surface area contributed by atoms with Gasteiger partial charge < -0.3 is 5.73 Å². The van der Waals surface area contributed by atoms with Gasteiger partial charge in [-0.25, -0.2) is 0 Å². The van der Waals surface area contributed by atoms with E-state index < -0.39 is 0 Å². The van der Waals surface area contributed by atoms with Gasteiger partial charge in [-0.1, -0.05) is 6.42 Å². The van der Waals surface area contributed by atoms with Crippen molar-refractivity contribution in [3.63, 3.8) is 0 Å². The second kappa shape index (κ2) is 3.56. The second-order valence-corrected chi connectivity index (χ2v) is 6.43. The number of nitrogens with two attached hydrogens (primary N) is 1. The van der Waals surface area contributed by atoms with Gasteiger partial charge >= 0.3 is 0 Å². The van der Waals surface area contributed by atoms with Gasteiger partial charge in [0.05, 0.1) is 0 Å². The van der Waals surface area contributed by atoms with Crippen LogP contribution in [0.1, 0.15) is 51.9 Å². The lowest BCUT2D eigenvalue weighted by Crippen LogP contribution is -2.49. The Morgan fingerprint density at radius 2 is 2.12 bits per heavy atom. The van der Waals surface area contributed by atoms with Crippen LogP contribution in [-0.4, -0.2) is 11.8 Å². The zero-order chi connectivity index (χ0) is 11.3. The fourth-order valence-corrected chi connectivity index (χ4v) is 4.97. The molecule has 3 saturated carbocycles. The van der Waals surface area contributed by atoms with E-state index in [1.807, 2.05) is 0 Å². The normalized spacial score (nSPS) is 51.1. The first-order valence-electron chi connectivity index (χ1n) is 6.89. The molecule has 0 heterocycles. The lowest BCUT2D eigenvalue weighted by Gasteiger charge is -2.47. The van der Waals surface area contributed by atoms with Crippen molar-refractivity contribution in [2.24, 2.45) is 28.9 Å². The summed E-state index contributed by atoms with van der Waals surface area (Å²) in [5.41, 5.74) is 6.84. The molecule has 0 saturated heterocycles. The molecule has 2 heteroatoms. The summed E-state index contributed by atoms with van der Waals surface area (Å²) in [4.78, 5) is 11.6. The first kappa shape index (κ1) is 10.8. The Bertz CT molecular complexity index is 310. The number of ketones is 1. The highest BCUT2D eigenvalue weighted by molar-refractivity contribution is 5.78. The van der Waals surface area contributed by atoms with Gasteiger partial charge in [0.15, 0.2) is 0 Å². The van der Waals surface area contributed by atoms with Crippen LogP contribution in [0.5, 0.6) is 0 Å². The van der Waals surface area contributed by atoms with E-state index in [4.69, 9.17) is 5.73 Å². The number of carbonyl (C=O) groups is 1. The predicted molar refractivity (Wildman–Crippen MR) is 63.9 cm³/mol. The third kappa shape index (κ3) is 1.32. The van der Waals surface area contributed by atoms with Gasteiger partial charge in [0, 0.05) is 12.0 Å². The van der Waals surface area contributed by atoms with Crippen LogP contribution in [0.4, 0.5) is 0 Å². The zero-order valence-electron chi connectivity index (χ0n) is 10.2. The summed E-state index contributed by atoms with van der Waals surface area (Å²) >= 11 is 0. The molecule has 3 fully saturated rings. The Kier molecular flexibility index (Phi) is 2.39. The first-order chi connectivity index (χ1) is 7.63. The summed E-state index contributed by atoms with van der Waals surface area (Å²) in [6, 6.07) is 0.397. The number of rotatable bonds is 1. The molecule has 5 atom stereocenters. The Balaban J connectivity index is 1.85. The highest BCUT2D eigenvalue weighted by Gasteiger charge is 2.57. The van der Waals surface area contributed by atoms with Crippen molar-refractivity contribution in [3.05, 3.63) is 0 Å². The molecule has 0 amide bonds. The maximum Gasteiger partial charge on any atom is 0.132 e. The van der Waals surface area contributed by atoms with Gasteiger partial charge in [-0.3, -0.25) is 4.79 Å². The SMILES string of the molecule is CC(=O)[C@@H]1CCC[C@@]2(C1)[C@H]1CC[C@H](C1)[C@H]2N. The van der Waals surface area contributed by atoms with Crippen molar-refractivity contribution in [1.82, 2.24) is 0 Å². The Morgan fingerprint density at radius 1 is 1.31 bits per heavy atom. The van der Waals surface area contributed by atoms with Crippen molar-refractivity contribution < 1.29 is 4.79 Å². The number of carbonyl (C=O) groups excluding carboxylic acids is 1. The van der Waals surface area contributed by atoms with Gasteiger partial charge in [0.2, 0.25) is 0 Å². The highest BCUT2D eigenvalue weighted by atomic mass is 16.1. The maximum atomic E-state index is 11.6. The Hall–Kier alpha value is -0.370. The van der Waals surface area contributed by atoms with Crippen molar-refractivity contribution in [2.75, 3.05) is 0 Å². The standard InChI is InChI=1S/C14H23NO/c1-9(16)11-3-2-6-14(8-11)12-5-4-10(7-12)13(14)15/h10-13H,2-8,15H2,1H3/t10-,11-,12+,13-,14-/m1/s1. The molecule has 3 rings (SSSR count). The topological polar surface area (TPSA) is 43.1 Å². The van der Waals surface area contributed by atoms with Gasteiger partial charge in [-0.2, -0.15) is 0 Å². The van der Waals surface area contributed by atoms with E-state index in [-0.39, 0.29) is 0 Å². The number of fused-ring (bicyclic) bond motifs is 3. The third-order valence-corrected chi connectivity index (χ3v) is 5.85. The second-order valence-electron chi connectivity index (χ2n) is 6.43. The summed E-state index contributed by atoms with van der Waals surface area (Å²) in [5, 5.41) is 0. The van der Waals surface area contributed by atoms with Gasteiger partial charge in [0.1, 0.15) is 5.78 Å². The van der Waals surface area contributed by atoms with E-state index >= 15 is 0 Å². The quantitative estimate of drug-likeness (QED) is 0.739. The minimum absolute atomic E-state index is 0.319. The molecule has 0 aromatic carbocycles. The molecule has 3 aliphatic rings. The first-order valence-corrected chi connectivity index (χ1v) is 6.89. The molecule has 2 bridgehead atoms. The van der Waals surface area contributed by atoms with Crippen LogP contribution in [0.2, 0.25) is 0 Å². The molecule has 0 unspecified atom stereocenters. The van der Waals surface area contributed by atoms with Crippen LogP contribution in [0.3, 0.4) is 0 Å². The molecule has 2 N–H and O–H groups in total. The van der Waals surface area contributed by atoms with Crippen LogP contribution < -0.4 is 5.73 Å². The summed E-state index contributed by atoms with van der Waals surface area (Å²) < 4.78 is 0. The summed E-state index contributed by atoms with van der Waals surface area (Å²) in [7, 11) is 0. The number of Topliss-reactive ketones (excluding diaryl/α,β-unsaturated/α-hetero) is 1. The van der Waals surface area contributed by atoms with E-state index in [9.17, 15) is 4.79 Å². The number of hydrogen-bond acceptors (Lipinski definition) is 2. The predicted octanol–water partition coefficient (Wildman–Crippen LogP) is 2.51. The van der Waals surface area contributed by atoms with Gasteiger partial charge in [-0.15, -0.1) is 0 Å². The van der Waals surface area contributed by atoms with Crippen LogP contribution in [-0.2, 0) is 4.79 Å². The minimum atomic E-state index is 0.319. The van der Waals surface area contributed by atoms with E-state index in [0.717, 1.165) is 24.7 Å². The van der Waals surface area contributed by atoms with Gasteiger partial charge in [0.25, 0.3) is 0 Å². The molecule has 3 aliphatic carbocycles. The summed E-state index contributed by atoms with van der Waals surface area (Å²) in [6.45, 7) is 1.77. The molecular weight excluding hydrogens is 198 g/mol. The fourth-order valence-electron chi connectivity index (χ4n) is 4.97. The molecule has 0 aromatic rings. The van der Waals surface area contributed by atoms with E-state index in [1.165, 1.54) is 32.1 Å². The zero-order valence-corrected chi connectivity index (χ0v) is 10.2. The molecule has 1 spiro atoms. The average molecular weight is 221 g/mol. The Labute approximate surface area is 98.0 Å². The summed E-state index contributed by atoms with van der Waals surface area (Å²) in [6.07, 6.45) is 8.80. The molecule has 0 aromatic heterocycles. The van der Waals surface area contributed by atoms with Crippen molar-refractivity contribution in [3.8, 4) is 0 Å². The molecule has 0 radical (unpaired) electrons. The number of hydrogen-bond donors (Lipinski definition) is 1. The molecule has 16 heavy (non-hydrogen) atoms. The fraction of sp³-hybridized carbons (Fsp3) is 0.929. The maximum absolute atomic E-state index is 11.6. The smallest absolute Gasteiger partial charge is 0.132 e. The van der Waals surface area contributed by atoms with Crippen molar-refractivity contribution in [2.45, 2.75) is 57.9 Å². The lowest BCUT2D eigenvalue weighted by atomic mass is 9.59. The third-order valence-electron chi connectivity index (χ3n) is 5.85.